The van der Waals surface area contributed by atoms with Crippen molar-refractivity contribution in [3.63, 3.8) is 0 Å². The minimum Gasteiger partial charge on any atom is -0.492 e. The molecule has 21 heavy (non-hydrogen) atoms. The molecule has 0 saturated carbocycles. The molecular formula is C14H16N4O2S. The van der Waals surface area contributed by atoms with Crippen LogP contribution in [0.15, 0.2) is 35.7 Å². The van der Waals surface area contributed by atoms with Crippen molar-refractivity contribution in [3.8, 4) is 5.75 Å². The molecule has 110 valence electrons. The van der Waals surface area contributed by atoms with Crippen molar-refractivity contribution in [2.24, 2.45) is 5.92 Å². The second kappa shape index (κ2) is 6.62. The van der Waals surface area contributed by atoms with Crippen LogP contribution in [0, 0.1) is 5.92 Å². The number of ether oxygens (including phenoxy) is 1. The van der Waals surface area contributed by atoms with Gasteiger partial charge in [0.1, 0.15) is 18.7 Å². The second-order valence-electron chi connectivity index (χ2n) is 4.75. The minimum absolute atomic E-state index is 0.0441. The summed E-state index contributed by atoms with van der Waals surface area (Å²) in [5.74, 6) is 1.57. The number of aromatic nitrogens is 3. The van der Waals surface area contributed by atoms with Crippen molar-refractivity contribution in [3.05, 3.63) is 36.2 Å². The van der Waals surface area contributed by atoms with E-state index in [1.54, 1.807) is 0 Å². The number of carbonyl (C=O) groups excluding carboxylic acids is 1. The van der Waals surface area contributed by atoms with Crippen LogP contribution in [0.5, 0.6) is 5.75 Å². The quantitative estimate of drug-likeness (QED) is 0.642. The maximum absolute atomic E-state index is 12.1. The number of fused-ring (bicyclic) bond motifs is 1. The van der Waals surface area contributed by atoms with E-state index < -0.39 is 0 Å². The van der Waals surface area contributed by atoms with Gasteiger partial charge in [-0.05, 0) is 18.1 Å². The number of aromatic amines is 1. The monoisotopic (exact) mass is 304 g/mol. The van der Waals surface area contributed by atoms with Gasteiger partial charge in [0.05, 0.1) is 5.92 Å². The number of nitrogens with zero attached hydrogens (tertiary/aromatic N) is 2. The van der Waals surface area contributed by atoms with Crippen molar-refractivity contribution in [2.45, 2.75) is 11.6 Å². The standard InChI is InChI=1S/C14H16N4O2S/c19-13(15-5-6-21-14-16-9-17-18-14)11-7-10-3-1-2-4-12(10)20-8-11/h1-4,9,11H,5-8H2,(H,15,19)(H,16,17,18). The summed E-state index contributed by atoms with van der Waals surface area (Å²) < 4.78 is 5.63. The van der Waals surface area contributed by atoms with Gasteiger partial charge < -0.3 is 10.1 Å². The van der Waals surface area contributed by atoms with Crippen molar-refractivity contribution in [1.29, 1.82) is 0 Å². The lowest BCUT2D eigenvalue weighted by Gasteiger charge is -2.24. The first-order valence-corrected chi connectivity index (χ1v) is 7.78. The van der Waals surface area contributed by atoms with E-state index in [-0.39, 0.29) is 11.8 Å². The predicted molar refractivity (Wildman–Crippen MR) is 79.2 cm³/mol. The van der Waals surface area contributed by atoms with E-state index in [0.717, 1.165) is 28.6 Å². The topological polar surface area (TPSA) is 79.9 Å². The number of nitrogens with one attached hydrogen (secondary N) is 2. The summed E-state index contributed by atoms with van der Waals surface area (Å²) in [4.78, 5) is 16.1. The first-order valence-electron chi connectivity index (χ1n) is 6.79. The lowest BCUT2D eigenvalue weighted by Crippen LogP contribution is -2.38. The summed E-state index contributed by atoms with van der Waals surface area (Å²) in [7, 11) is 0. The fourth-order valence-electron chi connectivity index (χ4n) is 2.23. The third-order valence-corrected chi connectivity index (χ3v) is 4.16. The zero-order valence-electron chi connectivity index (χ0n) is 11.4. The number of hydrogen-bond acceptors (Lipinski definition) is 5. The molecule has 2 aromatic rings. The third kappa shape index (κ3) is 3.55. The number of hydrogen-bond donors (Lipinski definition) is 2. The van der Waals surface area contributed by atoms with Crippen molar-refractivity contribution in [2.75, 3.05) is 18.9 Å². The Morgan fingerprint density at radius 1 is 1.48 bits per heavy atom. The van der Waals surface area contributed by atoms with Crippen LogP contribution in [-0.2, 0) is 11.2 Å². The highest BCUT2D eigenvalue weighted by molar-refractivity contribution is 7.99. The summed E-state index contributed by atoms with van der Waals surface area (Å²) in [6, 6.07) is 7.86. The molecule has 0 radical (unpaired) electrons. The van der Waals surface area contributed by atoms with E-state index in [0.29, 0.717) is 13.2 Å². The normalized spacial score (nSPS) is 16.9. The second-order valence-corrected chi connectivity index (χ2v) is 5.83. The van der Waals surface area contributed by atoms with Gasteiger partial charge in [-0.15, -0.1) is 0 Å². The number of benzene rings is 1. The highest BCUT2D eigenvalue weighted by atomic mass is 32.2. The Morgan fingerprint density at radius 3 is 3.24 bits per heavy atom. The summed E-state index contributed by atoms with van der Waals surface area (Å²) in [5.41, 5.74) is 1.10. The molecule has 0 bridgehead atoms. The van der Waals surface area contributed by atoms with Crippen LogP contribution in [0.4, 0.5) is 0 Å². The largest absolute Gasteiger partial charge is 0.492 e. The summed E-state index contributed by atoms with van der Waals surface area (Å²) >= 11 is 1.53. The molecule has 6 nitrogen and oxygen atoms in total. The lowest BCUT2D eigenvalue weighted by molar-refractivity contribution is -0.126. The van der Waals surface area contributed by atoms with Gasteiger partial charge >= 0.3 is 0 Å². The Hall–Kier alpha value is -2.02. The molecule has 1 amide bonds. The molecule has 1 aliphatic rings. The lowest BCUT2D eigenvalue weighted by atomic mass is 9.96. The summed E-state index contributed by atoms with van der Waals surface area (Å²) in [6.07, 6.45) is 2.20. The molecular weight excluding hydrogens is 288 g/mol. The number of rotatable bonds is 5. The van der Waals surface area contributed by atoms with Gasteiger partial charge in [-0.2, -0.15) is 5.10 Å². The van der Waals surface area contributed by atoms with Crippen LogP contribution in [0.1, 0.15) is 5.56 Å². The van der Waals surface area contributed by atoms with Gasteiger partial charge in [-0.3, -0.25) is 9.89 Å². The molecule has 7 heteroatoms. The third-order valence-electron chi connectivity index (χ3n) is 3.28. The van der Waals surface area contributed by atoms with Crippen LogP contribution in [0.3, 0.4) is 0 Å². The first-order chi connectivity index (χ1) is 10.3. The van der Waals surface area contributed by atoms with Gasteiger partial charge in [0.2, 0.25) is 5.91 Å². The van der Waals surface area contributed by atoms with E-state index >= 15 is 0 Å². The molecule has 3 rings (SSSR count). The Balaban J connectivity index is 1.44. The number of H-pyrrole nitrogens is 1. The van der Waals surface area contributed by atoms with Crippen LogP contribution in [-0.4, -0.2) is 40.0 Å². The highest BCUT2D eigenvalue weighted by Gasteiger charge is 2.25. The molecule has 0 saturated heterocycles. The summed E-state index contributed by atoms with van der Waals surface area (Å²) in [5, 5.41) is 10.2. The maximum Gasteiger partial charge on any atom is 0.226 e. The van der Waals surface area contributed by atoms with Gasteiger partial charge in [-0.25, -0.2) is 4.98 Å². The van der Waals surface area contributed by atoms with Crippen molar-refractivity contribution >= 4 is 17.7 Å². The van der Waals surface area contributed by atoms with E-state index in [4.69, 9.17) is 4.74 Å². The zero-order valence-corrected chi connectivity index (χ0v) is 12.2. The van der Waals surface area contributed by atoms with Gasteiger partial charge in [0, 0.05) is 12.3 Å². The maximum atomic E-state index is 12.1. The number of amides is 1. The van der Waals surface area contributed by atoms with Crippen LogP contribution in [0.25, 0.3) is 0 Å². The number of carbonyl (C=O) groups is 1. The molecule has 1 atom stereocenters. The molecule has 1 aromatic carbocycles. The SMILES string of the molecule is O=C(NCCSc1ncn[nH]1)C1COc2ccccc2C1. The molecule has 0 fully saturated rings. The smallest absolute Gasteiger partial charge is 0.226 e. The van der Waals surface area contributed by atoms with Gasteiger partial charge in [-0.1, -0.05) is 30.0 Å². The molecule has 2 heterocycles. The van der Waals surface area contributed by atoms with Crippen molar-refractivity contribution in [1.82, 2.24) is 20.5 Å². The number of para-hydroxylation sites is 1. The molecule has 1 aromatic heterocycles. The van der Waals surface area contributed by atoms with Gasteiger partial charge in [0.15, 0.2) is 5.16 Å². The fraction of sp³-hybridized carbons (Fsp3) is 0.357. The van der Waals surface area contributed by atoms with E-state index in [9.17, 15) is 4.79 Å². The van der Waals surface area contributed by atoms with Crippen LogP contribution >= 0.6 is 11.8 Å². The Bertz CT molecular complexity index is 603. The highest BCUT2D eigenvalue weighted by Crippen LogP contribution is 2.26. The van der Waals surface area contributed by atoms with E-state index in [2.05, 4.69) is 20.5 Å². The zero-order chi connectivity index (χ0) is 14.5. The van der Waals surface area contributed by atoms with Gasteiger partial charge in [0.25, 0.3) is 0 Å². The first kappa shape index (κ1) is 13.9. The Morgan fingerprint density at radius 2 is 2.38 bits per heavy atom. The van der Waals surface area contributed by atoms with Crippen LogP contribution in [0.2, 0.25) is 0 Å². The Kier molecular flexibility index (Phi) is 4.40. The van der Waals surface area contributed by atoms with E-state index in [1.807, 2.05) is 24.3 Å². The minimum atomic E-state index is -0.116. The molecule has 1 unspecified atom stereocenters. The van der Waals surface area contributed by atoms with E-state index in [1.165, 1.54) is 18.1 Å². The molecule has 0 aliphatic carbocycles. The average Bonchev–Trinajstić information content (AvgIpc) is 3.04. The average molecular weight is 304 g/mol. The summed E-state index contributed by atoms with van der Waals surface area (Å²) in [6.45, 7) is 1.04. The van der Waals surface area contributed by atoms with Crippen molar-refractivity contribution < 1.29 is 9.53 Å². The fourth-order valence-corrected chi connectivity index (χ4v) is 2.86. The Labute approximate surface area is 126 Å². The molecule has 2 N–H and O–H groups in total. The predicted octanol–water partition coefficient (Wildman–Crippen LogP) is 1.26. The number of thioether (sulfide) groups is 1. The molecule has 0 spiro atoms. The van der Waals surface area contributed by atoms with Crippen LogP contribution < -0.4 is 10.1 Å². The molecule has 1 aliphatic heterocycles.